The number of hydrogen-bond acceptors (Lipinski definition) is 4. The molecule has 198 valence electrons. The van der Waals surface area contributed by atoms with E-state index in [9.17, 15) is 14.4 Å². The fraction of sp³-hybridized carbons (Fsp3) is 0.344. The lowest BCUT2D eigenvalue weighted by Gasteiger charge is -2.30. The molecular formula is C32H36N2O3S. The van der Waals surface area contributed by atoms with Crippen LogP contribution in [0.3, 0.4) is 0 Å². The Kier molecular flexibility index (Phi) is 10.2. The minimum atomic E-state index is -0.659. The number of urea groups is 1. The van der Waals surface area contributed by atoms with Crippen molar-refractivity contribution in [2.24, 2.45) is 5.92 Å². The molecule has 3 aromatic carbocycles. The maximum absolute atomic E-state index is 13.8. The summed E-state index contributed by atoms with van der Waals surface area (Å²) in [5, 5.41) is 2.89. The number of benzene rings is 3. The Balaban J connectivity index is 1.50. The van der Waals surface area contributed by atoms with Gasteiger partial charge in [0.2, 0.25) is 0 Å². The first-order valence-corrected chi connectivity index (χ1v) is 14.6. The van der Waals surface area contributed by atoms with Crippen molar-refractivity contribution in [1.29, 1.82) is 0 Å². The summed E-state index contributed by atoms with van der Waals surface area (Å²) >= 11 is 1.60. The number of imide groups is 1. The first kappa shape index (κ1) is 27.6. The molecule has 0 spiro atoms. The first-order chi connectivity index (χ1) is 18.5. The second-order valence-corrected chi connectivity index (χ2v) is 11.0. The summed E-state index contributed by atoms with van der Waals surface area (Å²) in [6.45, 7) is 1.85. The number of ketones is 1. The summed E-state index contributed by atoms with van der Waals surface area (Å²) in [4.78, 5) is 41.1. The number of Topliss-reactive ketones (excluding diaryl/α,β-unsaturated/α-hetero) is 1. The molecule has 1 fully saturated rings. The Morgan fingerprint density at radius 3 is 2.21 bits per heavy atom. The highest BCUT2D eigenvalue weighted by atomic mass is 32.2. The van der Waals surface area contributed by atoms with Crippen LogP contribution < -0.4 is 5.32 Å². The summed E-state index contributed by atoms with van der Waals surface area (Å²) in [6, 6.07) is 26.2. The lowest BCUT2D eigenvalue weighted by molar-refractivity contribution is -0.118. The van der Waals surface area contributed by atoms with Crippen LogP contribution in [0.4, 0.5) is 4.79 Å². The van der Waals surface area contributed by atoms with E-state index >= 15 is 0 Å². The molecule has 0 heterocycles. The van der Waals surface area contributed by atoms with Gasteiger partial charge in [0.25, 0.3) is 5.91 Å². The summed E-state index contributed by atoms with van der Waals surface area (Å²) < 4.78 is 0. The molecule has 3 aromatic rings. The zero-order chi connectivity index (χ0) is 26.7. The van der Waals surface area contributed by atoms with E-state index in [-0.39, 0.29) is 17.6 Å². The quantitative estimate of drug-likeness (QED) is 0.308. The van der Waals surface area contributed by atoms with Gasteiger partial charge in [-0.3, -0.25) is 14.5 Å². The second-order valence-electron chi connectivity index (χ2n) is 9.98. The lowest BCUT2D eigenvalue weighted by atomic mass is 9.89. The number of nitrogens with zero attached hydrogens (tertiary/aromatic N) is 1. The van der Waals surface area contributed by atoms with Crippen LogP contribution in [0.15, 0.2) is 84.9 Å². The van der Waals surface area contributed by atoms with Crippen LogP contribution in [-0.4, -0.2) is 41.0 Å². The molecular weight excluding hydrogens is 492 g/mol. The van der Waals surface area contributed by atoms with Crippen LogP contribution >= 0.6 is 11.8 Å². The van der Waals surface area contributed by atoms with Gasteiger partial charge >= 0.3 is 6.03 Å². The molecule has 1 atom stereocenters. The van der Waals surface area contributed by atoms with Gasteiger partial charge in [0.1, 0.15) is 0 Å². The van der Waals surface area contributed by atoms with Gasteiger partial charge in [0.15, 0.2) is 5.78 Å². The molecule has 0 radical (unpaired) electrons. The molecule has 4 rings (SSSR count). The van der Waals surface area contributed by atoms with Crippen LogP contribution in [0.2, 0.25) is 0 Å². The minimum absolute atomic E-state index is 0.116. The molecule has 1 aliphatic carbocycles. The van der Waals surface area contributed by atoms with Crippen LogP contribution in [0.25, 0.3) is 11.1 Å². The standard InChI is InChI=1S/C32H36N2O3S/c1-24(35)30(23-38-22-26-14-7-3-8-15-26)33-32(37)34(21-25-12-5-2-6-13-25)31(36)29-19-11-18-28(20-29)27-16-9-4-10-17-27/h3-4,7-11,14-20,25,30H,2,5-6,12-13,21-23H2,1H3,(H,33,37)/t30-/m0/s1. The van der Waals surface area contributed by atoms with Crippen molar-refractivity contribution in [2.45, 2.75) is 50.8 Å². The molecule has 0 unspecified atom stereocenters. The highest BCUT2D eigenvalue weighted by Crippen LogP contribution is 2.26. The van der Waals surface area contributed by atoms with Gasteiger partial charge in [-0.2, -0.15) is 11.8 Å². The van der Waals surface area contributed by atoms with Crippen molar-refractivity contribution >= 4 is 29.5 Å². The Bertz CT molecular complexity index is 1210. The Morgan fingerprint density at radius 1 is 0.868 bits per heavy atom. The number of carbonyl (C=O) groups excluding carboxylic acids is 3. The van der Waals surface area contributed by atoms with E-state index in [1.165, 1.54) is 23.8 Å². The minimum Gasteiger partial charge on any atom is -0.327 e. The van der Waals surface area contributed by atoms with Gasteiger partial charge in [-0.15, -0.1) is 0 Å². The number of nitrogens with one attached hydrogen (secondary N) is 1. The fourth-order valence-corrected chi connectivity index (χ4v) is 5.96. The average molecular weight is 529 g/mol. The fourth-order valence-electron chi connectivity index (χ4n) is 4.86. The molecule has 0 bridgehead atoms. The third-order valence-electron chi connectivity index (χ3n) is 7.06. The highest BCUT2D eigenvalue weighted by molar-refractivity contribution is 7.98. The molecule has 1 saturated carbocycles. The Hall–Kier alpha value is -3.38. The van der Waals surface area contributed by atoms with Gasteiger partial charge in [-0.05, 0) is 54.5 Å². The number of hydrogen-bond donors (Lipinski definition) is 1. The largest absolute Gasteiger partial charge is 0.327 e. The van der Waals surface area contributed by atoms with Crippen LogP contribution in [0.1, 0.15) is 54.9 Å². The highest BCUT2D eigenvalue weighted by Gasteiger charge is 2.29. The van der Waals surface area contributed by atoms with E-state index in [4.69, 9.17) is 0 Å². The van der Waals surface area contributed by atoms with Crippen LogP contribution in [0.5, 0.6) is 0 Å². The zero-order valence-corrected chi connectivity index (χ0v) is 22.8. The molecule has 0 aliphatic heterocycles. The van der Waals surface area contributed by atoms with Crippen molar-refractivity contribution in [2.75, 3.05) is 12.3 Å². The Labute approximate surface area is 230 Å². The van der Waals surface area contributed by atoms with E-state index in [1.54, 1.807) is 17.8 Å². The van der Waals surface area contributed by atoms with E-state index in [1.807, 2.05) is 78.9 Å². The monoisotopic (exact) mass is 528 g/mol. The van der Waals surface area contributed by atoms with Gasteiger partial charge < -0.3 is 5.32 Å². The molecule has 1 aliphatic rings. The maximum atomic E-state index is 13.8. The van der Waals surface area contributed by atoms with E-state index in [0.29, 0.717) is 17.9 Å². The first-order valence-electron chi connectivity index (χ1n) is 13.4. The number of carbonyl (C=O) groups is 3. The topological polar surface area (TPSA) is 66.5 Å². The van der Waals surface area contributed by atoms with Crippen LogP contribution in [0, 0.1) is 5.92 Å². The second kappa shape index (κ2) is 14.0. The molecule has 5 nitrogen and oxygen atoms in total. The third-order valence-corrected chi connectivity index (χ3v) is 8.16. The number of rotatable bonds is 10. The predicted molar refractivity (Wildman–Crippen MR) is 155 cm³/mol. The predicted octanol–water partition coefficient (Wildman–Crippen LogP) is 6.98. The summed E-state index contributed by atoms with van der Waals surface area (Å²) in [7, 11) is 0. The zero-order valence-electron chi connectivity index (χ0n) is 22.0. The third kappa shape index (κ3) is 7.81. The van der Waals surface area contributed by atoms with Gasteiger partial charge in [-0.25, -0.2) is 4.79 Å². The SMILES string of the molecule is CC(=O)[C@H](CSCc1ccccc1)NC(=O)N(CC1CCCCC1)C(=O)c1cccc(-c2ccccc2)c1. The van der Waals surface area contributed by atoms with Gasteiger partial charge in [-0.1, -0.05) is 92.1 Å². The average Bonchev–Trinajstić information content (AvgIpc) is 2.96. The van der Waals surface area contributed by atoms with E-state index < -0.39 is 12.1 Å². The number of thioether (sulfide) groups is 1. The van der Waals surface area contributed by atoms with Gasteiger partial charge in [0.05, 0.1) is 6.04 Å². The van der Waals surface area contributed by atoms with E-state index in [2.05, 4.69) is 5.32 Å². The molecule has 3 amide bonds. The molecule has 0 aromatic heterocycles. The summed E-state index contributed by atoms with van der Waals surface area (Å²) in [5.74, 6) is 1.03. The summed E-state index contributed by atoms with van der Waals surface area (Å²) in [5.41, 5.74) is 3.57. The molecule has 0 saturated heterocycles. The summed E-state index contributed by atoms with van der Waals surface area (Å²) in [6.07, 6.45) is 5.43. The molecule has 1 N–H and O–H groups in total. The normalized spacial score (nSPS) is 14.4. The van der Waals surface area contributed by atoms with Crippen molar-refractivity contribution in [3.8, 4) is 11.1 Å². The molecule has 6 heteroatoms. The van der Waals surface area contributed by atoms with E-state index in [0.717, 1.165) is 42.6 Å². The maximum Gasteiger partial charge on any atom is 0.324 e. The van der Waals surface area contributed by atoms with Crippen LogP contribution in [-0.2, 0) is 10.5 Å². The van der Waals surface area contributed by atoms with Crippen molar-refractivity contribution in [3.05, 3.63) is 96.1 Å². The smallest absolute Gasteiger partial charge is 0.324 e. The Morgan fingerprint density at radius 2 is 1.53 bits per heavy atom. The number of amides is 3. The molecule has 38 heavy (non-hydrogen) atoms. The lowest BCUT2D eigenvalue weighted by Crippen LogP contribution is -2.52. The van der Waals surface area contributed by atoms with Crippen molar-refractivity contribution < 1.29 is 14.4 Å². The van der Waals surface area contributed by atoms with Crippen molar-refractivity contribution in [3.63, 3.8) is 0 Å². The van der Waals surface area contributed by atoms with Crippen molar-refractivity contribution in [1.82, 2.24) is 10.2 Å². The van der Waals surface area contributed by atoms with Gasteiger partial charge in [0, 0.05) is 23.6 Å².